The van der Waals surface area contributed by atoms with E-state index in [4.69, 9.17) is 18.7 Å². The van der Waals surface area contributed by atoms with Gasteiger partial charge in [0, 0.05) is 12.1 Å². The number of benzene rings is 2. The van der Waals surface area contributed by atoms with Gasteiger partial charge in [0.05, 0.1) is 30.0 Å². The van der Waals surface area contributed by atoms with E-state index in [1.54, 1.807) is 38.5 Å². The van der Waals surface area contributed by atoms with Gasteiger partial charge in [0.1, 0.15) is 16.5 Å². The van der Waals surface area contributed by atoms with Crippen LogP contribution in [0.3, 0.4) is 0 Å². The molecule has 2 aromatic carbocycles. The van der Waals surface area contributed by atoms with Crippen molar-refractivity contribution in [3.63, 3.8) is 0 Å². The summed E-state index contributed by atoms with van der Waals surface area (Å²) in [6.45, 7) is -0.144. The minimum absolute atomic E-state index is 0.144. The van der Waals surface area contributed by atoms with E-state index in [0.29, 0.717) is 22.9 Å². The molecule has 0 aliphatic rings. The van der Waals surface area contributed by atoms with Gasteiger partial charge in [0.2, 0.25) is 5.82 Å². The molecule has 4 aromatic rings. The van der Waals surface area contributed by atoms with E-state index >= 15 is 0 Å². The summed E-state index contributed by atoms with van der Waals surface area (Å²) < 4.78 is 21.9. The maximum absolute atomic E-state index is 12.0. The minimum atomic E-state index is -0.531. The molecule has 0 amide bonds. The Balaban J connectivity index is 1.39. The maximum atomic E-state index is 12.0. The lowest BCUT2D eigenvalue weighted by Gasteiger charge is -2.07. The van der Waals surface area contributed by atoms with Crippen LogP contribution in [0.2, 0.25) is 0 Å². The summed E-state index contributed by atoms with van der Waals surface area (Å²) in [5.74, 6) is 1.15. The van der Waals surface area contributed by atoms with Crippen molar-refractivity contribution in [2.45, 2.75) is 6.61 Å². The van der Waals surface area contributed by atoms with Gasteiger partial charge in [-0.15, -0.1) is 11.3 Å². The molecule has 0 unspecified atom stereocenters. The monoisotopic (exact) mass is 423 g/mol. The highest BCUT2D eigenvalue weighted by Gasteiger charge is 2.15. The molecule has 0 fully saturated rings. The number of ether oxygens (including phenoxy) is 3. The molecule has 0 aliphatic heterocycles. The van der Waals surface area contributed by atoms with Crippen LogP contribution in [0.15, 0.2) is 53.1 Å². The molecule has 4 rings (SSSR count). The Kier molecular flexibility index (Phi) is 5.71. The molecule has 0 radical (unpaired) electrons. The molecule has 2 heterocycles. The molecule has 0 aliphatic carbocycles. The third-order valence-corrected chi connectivity index (χ3v) is 5.13. The summed E-state index contributed by atoms with van der Waals surface area (Å²) in [5, 5.41) is 4.64. The molecule has 30 heavy (non-hydrogen) atoms. The smallest absolute Gasteiger partial charge is 0.331 e. The Hall–Kier alpha value is -3.72. The molecule has 0 saturated heterocycles. The number of esters is 1. The predicted octanol–water partition coefficient (Wildman–Crippen LogP) is 4.12. The van der Waals surface area contributed by atoms with E-state index in [9.17, 15) is 4.79 Å². The van der Waals surface area contributed by atoms with Crippen molar-refractivity contribution in [2.75, 3.05) is 14.2 Å². The first-order valence-corrected chi connectivity index (χ1v) is 9.73. The van der Waals surface area contributed by atoms with Crippen LogP contribution in [-0.2, 0) is 16.1 Å². The second kappa shape index (κ2) is 8.75. The Morgan fingerprint density at radius 1 is 1.13 bits per heavy atom. The number of carbonyl (C=O) groups excluding carboxylic acids is 1. The summed E-state index contributed by atoms with van der Waals surface area (Å²) >= 11 is 1.49. The zero-order valence-corrected chi connectivity index (χ0v) is 17.0. The largest absolute Gasteiger partial charge is 0.497 e. The van der Waals surface area contributed by atoms with Gasteiger partial charge in [0.15, 0.2) is 6.61 Å². The second-order valence-corrected chi connectivity index (χ2v) is 7.10. The van der Waals surface area contributed by atoms with Gasteiger partial charge in [0.25, 0.3) is 5.89 Å². The van der Waals surface area contributed by atoms with Gasteiger partial charge in [-0.25, -0.2) is 9.78 Å². The first-order valence-electron chi connectivity index (χ1n) is 8.91. The SMILES string of the molecule is COc1ccc(-c2noc(COC(=O)/C=C/c3nc4ccccc4s3)n2)c(OC)c1. The molecular weight excluding hydrogens is 406 g/mol. The number of aromatic nitrogens is 3. The lowest BCUT2D eigenvalue weighted by atomic mass is 10.2. The zero-order chi connectivity index (χ0) is 20.9. The average Bonchev–Trinajstić information content (AvgIpc) is 3.42. The fourth-order valence-electron chi connectivity index (χ4n) is 2.69. The quantitative estimate of drug-likeness (QED) is 0.323. The number of nitrogens with zero attached hydrogens (tertiary/aromatic N) is 3. The molecule has 8 nitrogen and oxygen atoms in total. The Morgan fingerprint density at radius 2 is 2.00 bits per heavy atom. The highest BCUT2D eigenvalue weighted by Crippen LogP contribution is 2.31. The molecule has 0 saturated carbocycles. The van der Waals surface area contributed by atoms with Gasteiger partial charge < -0.3 is 18.7 Å². The van der Waals surface area contributed by atoms with Crippen molar-refractivity contribution in [2.24, 2.45) is 0 Å². The molecular formula is C21H17N3O5S. The fraction of sp³-hybridized carbons (Fsp3) is 0.143. The van der Waals surface area contributed by atoms with E-state index in [-0.39, 0.29) is 12.5 Å². The zero-order valence-electron chi connectivity index (χ0n) is 16.2. The number of methoxy groups -OCH3 is 2. The number of thiazole rings is 1. The van der Waals surface area contributed by atoms with Crippen LogP contribution in [0.5, 0.6) is 11.5 Å². The van der Waals surface area contributed by atoms with E-state index in [0.717, 1.165) is 15.2 Å². The Labute approximate surface area is 175 Å². The topological polar surface area (TPSA) is 96.6 Å². The molecule has 0 atom stereocenters. The first kappa shape index (κ1) is 19.6. The van der Waals surface area contributed by atoms with E-state index < -0.39 is 5.97 Å². The maximum Gasteiger partial charge on any atom is 0.331 e. The van der Waals surface area contributed by atoms with Gasteiger partial charge in [-0.3, -0.25) is 0 Å². The van der Waals surface area contributed by atoms with E-state index in [2.05, 4.69) is 15.1 Å². The van der Waals surface area contributed by atoms with Crippen LogP contribution in [-0.4, -0.2) is 35.3 Å². The predicted molar refractivity (Wildman–Crippen MR) is 111 cm³/mol. The number of fused-ring (bicyclic) bond motifs is 1. The Bertz CT molecular complexity index is 1180. The highest BCUT2D eigenvalue weighted by atomic mass is 32.1. The summed E-state index contributed by atoms with van der Waals surface area (Å²) in [5.41, 5.74) is 1.53. The van der Waals surface area contributed by atoms with Crippen molar-refractivity contribution in [1.29, 1.82) is 0 Å². The van der Waals surface area contributed by atoms with E-state index in [1.165, 1.54) is 17.4 Å². The average molecular weight is 423 g/mol. The lowest BCUT2D eigenvalue weighted by Crippen LogP contribution is -2.01. The van der Waals surface area contributed by atoms with E-state index in [1.807, 2.05) is 24.3 Å². The van der Waals surface area contributed by atoms with Gasteiger partial charge in [-0.1, -0.05) is 17.3 Å². The van der Waals surface area contributed by atoms with Crippen molar-refractivity contribution < 1.29 is 23.5 Å². The third kappa shape index (κ3) is 4.31. The number of hydrogen-bond donors (Lipinski definition) is 0. The summed E-state index contributed by atoms with van der Waals surface area (Å²) in [6, 6.07) is 13.0. The highest BCUT2D eigenvalue weighted by molar-refractivity contribution is 7.19. The van der Waals surface area contributed by atoms with Crippen molar-refractivity contribution >= 4 is 33.6 Å². The van der Waals surface area contributed by atoms with Crippen LogP contribution >= 0.6 is 11.3 Å². The number of hydrogen-bond acceptors (Lipinski definition) is 9. The van der Waals surface area contributed by atoms with Crippen molar-refractivity contribution in [3.8, 4) is 22.9 Å². The van der Waals surface area contributed by atoms with Crippen LogP contribution in [0.4, 0.5) is 0 Å². The Morgan fingerprint density at radius 3 is 2.80 bits per heavy atom. The molecule has 9 heteroatoms. The number of para-hydroxylation sites is 1. The number of carbonyl (C=O) groups is 1. The molecule has 0 N–H and O–H groups in total. The molecule has 152 valence electrons. The summed E-state index contributed by atoms with van der Waals surface area (Å²) in [4.78, 5) is 20.7. The van der Waals surface area contributed by atoms with Crippen molar-refractivity contribution in [1.82, 2.24) is 15.1 Å². The van der Waals surface area contributed by atoms with Gasteiger partial charge >= 0.3 is 5.97 Å². The number of rotatable bonds is 7. The first-order chi connectivity index (χ1) is 14.7. The van der Waals surface area contributed by atoms with Gasteiger partial charge in [-0.2, -0.15) is 4.98 Å². The van der Waals surface area contributed by atoms with Crippen LogP contribution in [0.1, 0.15) is 10.9 Å². The molecule has 2 aromatic heterocycles. The third-order valence-electron chi connectivity index (χ3n) is 4.13. The van der Waals surface area contributed by atoms with Crippen LogP contribution in [0.25, 0.3) is 27.7 Å². The molecule has 0 bridgehead atoms. The van der Waals surface area contributed by atoms with Gasteiger partial charge in [-0.05, 0) is 30.3 Å². The van der Waals surface area contributed by atoms with Crippen molar-refractivity contribution in [3.05, 3.63) is 59.4 Å². The molecule has 0 spiro atoms. The normalized spacial score (nSPS) is 11.1. The van der Waals surface area contributed by atoms with Crippen LogP contribution in [0, 0.1) is 0 Å². The van der Waals surface area contributed by atoms with Crippen LogP contribution < -0.4 is 9.47 Å². The summed E-state index contributed by atoms with van der Waals surface area (Å²) in [6.07, 6.45) is 2.94. The standard InChI is InChI=1S/C21H17N3O5S/c1-26-13-7-8-14(16(11-13)27-2)21-23-18(29-24-21)12-28-20(25)10-9-19-22-15-5-3-4-6-17(15)30-19/h3-11H,12H2,1-2H3/b10-9+. The fourth-order valence-corrected chi connectivity index (χ4v) is 3.56. The second-order valence-electron chi connectivity index (χ2n) is 6.04. The lowest BCUT2D eigenvalue weighted by molar-refractivity contribution is -0.139. The minimum Gasteiger partial charge on any atom is -0.497 e. The summed E-state index contributed by atoms with van der Waals surface area (Å²) in [7, 11) is 3.11.